The number of thiol groups is 2. The molecule has 0 rings (SSSR count). The smallest absolute Gasteiger partial charge is 0.216 e. The maximum absolute atomic E-state index is 5.05. The molecule has 0 spiro atoms. The van der Waals surface area contributed by atoms with Crippen molar-refractivity contribution in [2.24, 2.45) is 0 Å². The fourth-order valence-electron chi connectivity index (χ4n) is 0.568. The molecule has 0 aromatic heterocycles. The molecule has 0 aliphatic rings. The van der Waals surface area contributed by atoms with E-state index in [1.807, 2.05) is 13.8 Å². The first-order valence-corrected chi connectivity index (χ1v) is 4.91. The molecule has 0 bridgehead atoms. The predicted octanol–water partition coefficient (Wildman–Crippen LogP) is 1.80. The summed E-state index contributed by atoms with van der Waals surface area (Å²) in [6, 6.07) is 0. The topological polar surface area (TPSA) is 21.3 Å². The molecule has 0 unspecified atom stereocenters. The molecule has 1 N–H and O–H groups in total. The normalized spacial score (nSPS) is 10.7. The SMILES string of the molecule is CC(C)(COC(=S)S)NC(=S)S. The summed E-state index contributed by atoms with van der Waals surface area (Å²) in [6.45, 7) is 4.28. The summed E-state index contributed by atoms with van der Waals surface area (Å²) >= 11 is 17.2. The second kappa shape index (κ2) is 5.26. The number of rotatable bonds is 3. The van der Waals surface area contributed by atoms with E-state index in [9.17, 15) is 0 Å². The fourth-order valence-corrected chi connectivity index (χ4v) is 1.27. The summed E-state index contributed by atoms with van der Waals surface area (Å²) in [5.74, 6) is 0. The van der Waals surface area contributed by atoms with Crippen LogP contribution in [0.15, 0.2) is 0 Å². The van der Waals surface area contributed by atoms with E-state index in [-0.39, 0.29) is 9.92 Å². The molecule has 6 heteroatoms. The Kier molecular flexibility index (Phi) is 5.47. The Labute approximate surface area is 94.3 Å². The average molecular weight is 241 g/mol. The van der Waals surface area contributed by atoms with Crippen molar-refractivity contribution in [3.05, 3.63) is 0 Å². The maximum Gasteiger partial charge on any atom is 0.216 e. The highest BCUT2D eigenvalue weighted by Gasteiger charge is 2.18. The van der Waals surface area contributed by atoms with Crippen LogP contribution in [-0.4, -0.2) is 20.8 Å². The first-order chi connectivity index (χ1) is 5.33. The molecule has 0 aliphatic heterocycles. The van der Waals surface area contributed by atoms with Gasteiger partial charge in [-0.15, -0.1) is 12.6 Å². The van der Waals surface area contributed by atoms with Crippen molar-refractivity contribution in [3.63, 3.8) is 0 Å². The van der Waals surface area contributed by atoms with Crippen LogP contribution in [0, 0.1) is 0 Å². The van der Waals surface area contributed by atoms with E-state index in [4.69, 9.17) is 17.0 Å². The lowest BCUT2D eigenvalue weighted by atomic mass is 10.1. The molecular weight excluding hydrogens is 230 g/mol. The van der Waals surface area contributed by atoms with Gasteiger partial charge in [0, 0.05) is 0 Å². The van der Waals surface area contributed by atoms with Gasteiger partial charge in [-0.05, 0) is 26.1 Å². The minimum absolute atomic E-state index is 0.231. The monoisotopic (exact) mass is 241 g/mol. The Morgan fingerprint density at radius 2 is 1.92 bits per heavy atom. The third kappa shape index (κ3) is 7.15. The Morgan fingerprint density at radius 3 is 2.25 bits per heavy atom. The van der Waals surface area contributed by atoms with Gasteiger partial charge in [0.15, 0.2) is 0 Å². The zero-order valence-corrected chi connectivity index (χ0v) is 10.2. The van der Waals surface area contributed by atoms with E-state index in [0.29, 0.717) is 10.9 Å². The molecule has 0 atom stereocenters. The van der Waals surface area contributed by atoms with Gasteiger partial charge in [-0.25, -0.2) is 0 Å². The van der Waals surface area contributed by atoms with E-state index >= 15 is 0 Å². The molecule has 70 valence electrons. The Hall–Kier alpha value is 0.480. The van der Waals surface area contributed by atoms with E-state index in [1.54, 1.807) is 0 Å². The Bertz CT molecular complexity index is 192. The van der Waals surface area contributed by atoms with E-state index < -0.39 is 0 Å². The van der Waals surface area contributed by atoms with Gasteiger partial charge >= 0.3 is 0 Å². The molecular formula is C6H11NOS4. The quantitative estimate of drug-likeness (QED) is 0.517. The van der Waals surface area contributed by atoms with Crippen LogP contribution in [0.3, 0.4) is 0 Å². The number of hydrogen-bond acceptors (Lipinski definition) is 3. The molecule has 0 saturated carbocycles. The number of thiocarbonyl (C=S) groups is 2. The van der Waals surface area contributed by atoms with Crippen LogP contribution in [0.25, 0.3) is 0 Å². The van der Waals surface area contributed by atoms with Crippen LogP contribution in [0.4, 0.5) is 0 Å². The van der Waals surface area contributed by atoms with Gasteiger partial charge in [-0.3, -0.25) is 0 Å². The van der Waals surface area contributed by atoms with Gasteiger partial charge in [0.05, 0.1) is 5.54 Å². The van der Waals surface area contributed by atoms with E-state index in [2.05, 4.69) is 42.8 Å². The van der Waals surface area contributed by atoms with E-state index in [0.717, 1.165) is 0 Å². The van der Waals surface area contributed by atoms with Gasteiger partial charge in [-0.2, -0.15) is 0 Å². The lowest BCUT2D eigenvalue weighted by molar-refractivity contribution is 0.229. The van der Waals surface area contributed by atoms with Crippen molar-refractivity contribution in [1.29, 1.82) is 0 Å². The Balaban J connectivity index is 3.86. The lowest BCUT2D eigenvalue weighted by Crippen LogP contribution is -2.45. The summed E-state index contributed by atoms with van der Waals surface area (Å²) in [5, 5.41) is 2.95. The largest absolute Gasteiger partial charge is 0.476 e. The van der Waals surface area contributed by atoms with Crippen LogP contribution in [-0.2, 0) is 4.74 Å². The Morgan fingerprint density at radius 1 is 1.42 bits per heavy atom. The van der Waals surface area contributed by atoms with Crippen molar-refractivity contribution in [1.82, 2.24) is 5.32 Å². The van der Waals surface area contributed by atoms with Crippen LogP contribution < -0.4 is 5.32 Å². The van der Waals surface area contributed by atoms with Crippen molar-refractivity contribution in [2.75, 3.05) is 6.61 Å². The first-order valence-electron chi connectivity index (χ1n) is 3.20. The highest BCUT2D eigenvalue weighted by Crippen LogP contribution is 2.05. The van der Waals surface area contributed by atoms with Crippen LogP contribution in [0.2, 0.25) is 0 Å². The summed E-state index contributed by atoms with van der Waals surface area (Å²) in [7, 11) is 0. The number of nitrogens with one attached hydrogen (secondary N) is 1. The molecule has 0 aromatic rings. The minimum atomic E-state index is -0.272. The second-order valence-corrected chi connectivity index (χ2v) is 5.11. The van der Waals surface area contributed by atoms with Crippen LogP contribution in [0.1, 0.15) is 13.8 Å². The fraction of sp³-hybridized carbons (Fsp3) is 0.667. The van der Waals surface area contributed by atoms with Gasteiger partial charge in [-0.1, -0.05) is 24.8 Å². The number of hydrogen-bond donors (Lipinski definition) is 3. The molecule has 0 aromatic carbocycles. The van der Waals surface area contributed by atoms with Crippen LogP contribution in [0.5, 0.6) is 0 Å². The predicted molar refractivity (Wildman–Crippen MR) is 66.3 cm³/mol. The van der Waals surface area contributed by atoms with Crippen molar-refractivity contribution >= 4 is 58.4 Å². The molecule has 0 radical (unpaired) electrons. The minimum Gasteiger partial charge on any atom is -0.476 e. The third-order valence-corrected chi connectivity index (χ3v) is 1.46. The summed E-state index contributed by atoms with van der Waals surface area (Å²) in [4.78, 5) is 0. The highest BCUT2D eigenvalue weighted by molar-refractivity contribution is 8.11. The first kappa shape index (κ1) is 12.5. The molecule has 12 heavy (non-hydrogen) atoms. The summed E-state index contributed by atoms with van der Waals surface area (Å²) in [5.41, 5.74) is -0.272. The molecule has 0 saturated heterocycles. The van der Waals surface area contributed by atoms with Gasteiger partial charge in [0.1, 0.15) is 10.9 Å². The zero-order chi connectivity index (χ0) is 9.78. The molecule has 2 nitrogen and oxygen atoms in total. The van der Waals surface area contributed by atoms with Crippen molar-refractivity contribution < 1.29 is 4.74 Å². The standard InChI is InChI=1S/C6H11NOS4/c1-6(2,7-4(9)10)3-8-5(11)12/h3H2,1-2H3,(H,11,12)(H2,7,9,10). The van der Waals surface area contributed by atoms with Crippen molar-refractivity contribution in [2.45, 2.75) is 19.4 Å². The third-order valence-electron chi connectivity index (χ3n) is 1.00. The lowest BCUT2D eigenvalue weighted by Gasteiger charge is -2.25. The highest BCUT2D eigenvalue weighted by atomic mass is 32.1. The van der Waals surface area contributed by atoms with Gasteiger partial charge < -0.3 is 10.1 Å². The maximum atomic E-state index is 5.05. The summed E-state index contributed by atoms with van der Waals surface area (Å²) < 4.78 is 5.72. The van der Waals surface area contributed by atoms with Gasteiger partial charge in [0.25, 0.3) is 0 Å². The zero-order valence-electron chi connectivity index (χ0n) is 6.83. The molecule has 0 fully saturated rings. The molecule has 0 aliphatic carbocycles. The molecule has 0 amide bonds. The average Bonchev–Trinajstić information content (AvgIpc) is 1.81. The van der Waals surface area contributed by atoms with Crippen LogP contribution >= 0.6 is 49.7 Å². The summed E-state index contributed by atoms with van der Waals surface area (Å²) in [6.07, 6.45) is 0. The van der Waals surface area contributed by atoms with Crippen molar-refractivity contribution in [3.8, 4) is 0 Å². The molecule has 0 heterocycles. The second-order valence-electron chi connectivity index (χ2n) is 2.87. The van der Waals surface area contributed by atoms with Gasteiger partial charge in [0.2, 0.25) is 4.38 Å². The number of ether oxygens (including phenoxy) is 1. The van der Waals surface area contributed by atoms with E-state index in [1.165, 1.54) is 0 Å².